The molecule has 1 aromatic carbocycles. The standard InChI is InChI=1S/C14H15NO/c1-2-3-4-5-9-12-11-8-6-7-10-13(11)15-14(12)16/h4-10H,2-3H2,1H3,(H,15,16)/b5-4+,12-9-. The first-order valence-corrected chi connectivity index (χ1v) is 5.60. The van der Waals surface area contributed by atoms with Gasteiger partial charge in [0.1, 0.15) is 0 Å². The van der Waals surface area contributed by atoms with Crippen LogP contribution in [-0.2, 0) is 4.79 Å². The van der Waals surface area contributed by atoms with Crippen molar-refractivity contribution in [2.24, 2.45) is 0 Å². The number of nitrogens with one attached hydrogen (secondary N) is 1. The summed E-state index contributed by atoms with van der Waals surface area (Å²) in [5.41, 5.74) is 2.65. The summed E-state index contributed by atoms with van der Waals surface area (Å²) in [5.74, 6) is -0.0117. The Morgan fingerprint density at radius 2 is 2.12 bits per heavy atom. The number of hydrogen-bond donors (Lipinski definition) is 1. The molecule has 1 aromatic rings. The lowest BCUT2D eigenvalue weighted by molar-refractivity contribution is -0.110. The zero-order valence-corrected chi connectivity index (χ0v) is 9.36. The molecule has 2 rings (SSSR count). The lowest BCUT2D eigenvalue weighted by Gasteiger charge is -1.94. The van der Waals surface area contributed by atoms with Crippen LogP contribution in [0.25, 0.3) is 5.57 Å². The summed E-state index contributed by atoms with van der Waals surface area (Å²) in [4.78, 5) is 11.7. The monoisotopic (exact) mass is 213 g/mol. The van der Waals surface area contributed by atoms with Crippen LogP contribution in [0.3, 0.4) is 0 Å². The molecule has 1 aliphatic heterocycles. The number of amides is 1. The fourth-order valence-corrected chi connectivity index (χ4v) is 1.73. The van der Waals surface area contributed by atoms with E-state index in [1.807, 2.05) is 36.4 Å². The molecule has 1 amide bonds. The molecule has 1 heterocycles. The average molecular weight is 213 g/mol. The highest BCUT2D eigenvalue weighted by molar-refractivity contribution is 6.31. The van der Waals surface area contributed by atoms with E-state index in [1.165, 1.54) is 0 Å². The maximum absolute atomic E-state index is 11.7. The van der Waals surface area contributed by atoms with Crippen LogP contribution in [0.15, 0.2) is 42.5 Å². The van der Waals surface area contributed by atoms with Crippen LogP contribution in [0.1, 0.15) is 25.3 Å². The number of fused-ring (bicyclic) bond motifs is 1. The van der Waals surface area contributed by atoms with E-state index >= 15 is 0 Å². The summed E-state index contributed by atoms with van der Waals surface area (Å²) >= 11 is 0. The molecule has 0 bridgehead atoms. The number of allylic oxidation sites excluding steroid dienone is 3. The van der Waals surface area contributed by atoms with Gasteiger partial charge >= 0.3 is 0 Å². The summed E-state index contributed by atoms with van der Waals surface area (Å²) in [6, 6.07) is 7.76. The minimum Gasteiger partial charge on any atom is -0.321 e. The molecule has 1 N–H and O–H groups in total. The molecule has 0 saturated heterocycles. The zero-order valence-electron chi connectivity index (χ0n) is 9.36. The fourth-order valence-electron chi connectivity index (χ4n) is 1.73. The van der Waals surface area contributed by atoms with Gasteiger partial charge in [-0.1, -0.05) is 43.7 Å². The molecule has 2 heteroatoms. The molecule has 16 heavy (non-hydrogen) atoms. The van der Waals surface area contributed by atoms with Gasteiger partial charge in [-0.3, -0.25) is 4.79 Å². The number of benzene rings is 1. The van der Waals surface area contributed by atoms with E-state index in [2.05, 4.69) is 18.3 Å². The molecule has 0 atom stereocenters. The summed E-state index contributed by atoms with van der Waals surface area (Å²) in [6.45, 7) is 2.13. The van der Waals surface area contributed by atoms with Crippen LogP contribution in [0.2, 0.25) is 0 Å². The summed E-state index contributed by atoms with van der Waals surface area (Å²) in [7, 11) is 0. The van der Waals surface area contributed by atoms with Crippen molar-refractivity contribution >= 4 is 17.2 Å². The summed E-state index contributed by atoms with van der Waals surface area (Å²) in [5, 5.41) is 2.85. The molecule has 0 aliphatic carbocycles. The molecule has 0 unspecified atom stereocenters. The van der Waals surface area contributed by atoms with Gasteiger partial charge in [-0.15, -0.1) is 0 Å². The quantitative estimate of drug-likeness (QED) is 0.766. The van der Waals surface area contributed by atoms with E-state index < -0.39 is 0 Å². The average Bonchev–Trinajstić information content (AvgIpc) is 2.61. The fraction of sp³-hybridized carbons (Fsp3) is 0.214. The second-order valence-electron chi connectivity index (χ2n) is 3.80. The van der Waals surface area contributed by atoms with Crippen LogP contribution in [0, 0.1) is 0 Å². The number of hydrogen-bond acceptors (Lipinski definition) is 1. The molecular weight excluding hydrogens is 198 g/mol. The Hall–Kier alpha value is -1.83. The Morgan fingerprint density at radius 3 is 2.94 bits per heavy atom. The minimum atomic E-state index is -0.0117. The van der Waals surface area contributed by atoms with Crippen LogP contribution in [-0.4, -0.2) is 5.91 Å². The van der Waals surface area contributed by atoms with Gasteiger partial charge in [-0.2, -0.15) is 0 Å². The van der Waals surface area contributed by atoms with Crippen LogP contribution in [0.4, 0.5) is 5.69 Å². The number of anilines is 1. The van der Waals surface area contributed by atoms with Crippen molar-refractivity contribution in [1.29, 1.82) is 0 Å². The number of rotatable bonds is 3. The third-order valence-electron chi connectivity index (χ3n) is 2.56. The lowest BCUT2D eigenvalue weighted by atomic mass is 10.1. The van der Waals surface area contributed by atoms with E-state index in [0.717, 1.165) is 29.7 Å². The molecule has 0 radical (unpaired) electrons. The van der Waals surface area contributed by atoms with E-state index in [-0.39, 0.29) is 5.91 Å². The second kappa shape index (κ2) is 4.79. The maximum atomic E-state index is 11.7. The lowest BCUT2D eigenvalue weighted by Crippen LogP contribution is -2.03. The van der Waals surface area contributed by atoms with E-state index in [1.54, 1.807) is 0 Å². The Kier molecular flexibility index (Phi) is 3.20. The third-order valence-corrected chi connectivity index (χ3v) is 2.56. The molecule has 0 fully saturated rings. The molecule has 0 spiro atoms. The van der Waals surface area contributed by atoms with Crippen molar-refractivity contribution in [2.75, 3.05) is 5.32 Å². The number of para-hydroxylation sites is 1. The normalized spacial score (nSPS) is 16.8. The summed E-state index contributed by atoms with van der Waals surface area (Å²) in [6.07, 6.45) is 8.11. The van der Waals surface area contributed by atoms with Crippen molar-refractivity contribution in [3.63, 3.8) is 0 Å². The smallest absolute Gasteiger partial charge is 0.256 e. The van der Waals surface area contributed by atoms with E-state index in [4.69, 9.17) is 0 Å². The Balaban J connectivity index is 2.25. The molecule has 2 nitrogen and oxygen atoms in total. The van der Waals surface area contributed by atoms with Gasteiger partial charge in [0.2, 0.25) is 0 Å². The first-order valence-electron chi connectivity index (χ1n) is 5.60. The van der Waals surface area contributed by atoms with Crippen molar-refractivity contribution < 1.29 is 4.79 Å². The highest BCUT2D eigenvalue weighted by Crippen LogP contribution is 2.30. The zero-order chi connectivity index (χ0) is 11.4. The van der Waals surface area contributed by atoms with Crippen molar-refractivity contribution in [3.8, 4) is 0 Å². The van der Waals surface area contributed by atoms with E-state index in [0.29, 0.717) is 0 Å². The number of carbonyl (C=O) groups is 1. The number of unbranched alkanes of at least 4 members (excludes halogenated alkanes) is 1. The van der Waals surface area contributed by atoms with Gasteiger partial charge in [0.15, 0.2) is 0 Å². The Morgan fingerprint density at radius 1 is 1.31 bits per heavy atom. The van der Waals surface area contributed by atoms with Crippen LogP contribution >= 0.6 is 0 Å². The second-order valence-corrected chi connectivity index (χ2v) is 3.80. The molecule has 0 aromatic heterocycles. The predicted octanol–water partition coefficient (Wildman–Crippen LogP) is 3.38. The van der Waals surface area contributed by atoms with Gasteiger partial charge in [0, 0.05) is 16.8 Å². The summed E-state index contributed by atoms with van der Waals surface area (Å²) < 4.78 is 0. The van der Waals surface area contributed by atoms with Gasteiger partial charge in [0.25, 0.3) is 5.91 Å². The SMILES string of the molecule is CCC/C=C/C=C1\C(=O)Nc2ccccc21. The molecule has 1 aliphatic rings. The first kappa shape index (κ1) is 10.7. The minimum absolute atomic E-state index is 0.0117. The highest BCUT2D eigenvalue weighted by Gasteiger charge is 2.22. The largest absolute Gasteiger partial charge is 0.321 e. The van der Waals surface area contributed by atoms with Gasteiger partial charge in [0.05, 0.1) is 0 Å². The third kappa shape index (κ3) is 2.06. The topological polar surface area (TPSA) is 29.1 Å². The Bertz CT molecular complexity index is 458. The van der Waals surface area contributed by atoms with E-state index in [9.17, 15) is 4.79 Å². The maximum Gasteiger partial charge on any atom is 0.256 e. The van der Waals surface area contributed by atoms with Gasteiger partial charge in [-0.05, 0) is 18.6 Å². The first-order chi connectivity index (χ1) is 7.83. The van der Waals surface area contributed by atoms with Crippen molar-refractivity contribution in [1.82, 2.24) is 0 Å². The highest BCUT2D eigenvalue weighted by atomic mass is 16.1. The van der Waals surface area contributed by atoms with Crippen LogP contribution in [0.5, 0.6) is 0 Å². The number of carbonyl (C=O) groups excluding carboxylic acids is 1. The predicted molar refractivity (Wildman–Crippen MR) is 67.1 cm³/mol. The molecule has 0 saturated carbocycles. The molecular formula is C14H15NO. The van der Waals surface area contributed by atoms with Gasteiger partial charge < -0.3 is 5.32 Å². The van der Waals surface area contributed by atoms with Crippen molar-refractivity contribution in [3.05, 3.63) is 48.1 Å². The molecule has 82 valence electrons. The Labute approximate surface area is 95.7 Å². The van der Waals surface area contributed by atoms with Gasteiger partial charge in [-0.25, -0.2) is 0 Å². The van der Waals surface area contributed by atoms with Crippen LogP contribution < -0.4 is 5.32 Å². The van der Waals surface area contributed by atoms with Crippen molar-refractivity contribution in [2.45, 2.75) is 19.8 Å².